The molecule has 1 aromatic carbocycles. The van der Waals surface area contributed by atoms with Crippen LogP contribution in [0.5, 0.6) is 5.75 Å². The number of rotatable bonds is 4. The van der Waals surface area contributed by atoms with Crippen LogP contribution in [0.2, 0.25) is 0 Å². The fourth-order valence-electron chi connectivity index (χ4n) is 2.16. The topological polar surface area (TPSA) is 35.2 Å². The Kier molecular flexibility index (Phi) is 4.04. The van der Waals surface area contributed by atoms with E-state index < -0.39 is 0 Å². The summed E-state index contributed by atoms with van der Waals surface area (Å²) in [7, 11) is 1.70. The number of nitrogens with two attached hydrogens (primary N) is 1. The lowest BCUT2D eigenvalue weighted by Gasteiger charge is -2.15. The van der Waals surface area contributed by atoms with Gasteiger partial charge in [-0.05, 0) is 53.8 Å². The molecule has 2 N–H and O–H groups in total. The molecule has 2 aromatic rings. The van der Waals surface area contributed by atoms with Gasteiger partial charge < -0.3 is 10.5 Å². The molecule has 0 bridgehead atoms. The second-order valence-electron chi connectivity index (χ2n) is 4.64. The zero-order valence-corrected chi connectivity index (χ0v) is 11.9. The number of thiophene rings is 1. The lowest BCUT2D eigenvalue weighted by atomic mass is 9.98. The van der Waals surface area contributed by atoms with Crippen molar-refractivity contribution in [2.24, 2.45) is 5.73 Å². The normalized spacial score (nSPS) is 12.4. The molecule has 0 saturated carbocycles. The molecule has 18 heavy (non-hydrogen) atoms. The number of ether oxygens (including phenoxy) is 1. The van der Waals surface area contributed by atoms with Crippen molar-refractivity contribution in [2.45, 2.75) is 26.3 Å². The molecule has 0 saturated heterocycles. The van der Waals surface area contributed by atoms with E-state index in [1.54, 1.807) is 18.4 Å². The van der Waals surface area contributed by atoms with Crippen LogP contribution >= 0.6 is 11.3 Å². The molecule has 2 nitrogen and oxygen atoms in total. The highest BCUT2D eigenvalue weighted by atomic mass is 32.1. The zero-order valence-electron chi connectivity index (χ0n) is 11.1. The smallest absolute Gasteiger partial charge is 0.122 e. The average molecular weight is 261 g/mol. The molecule has 0 aliphatic heterocycles. The van der Waals surface area contributed by atoms with E-state index in [1.807, 2.05) is 6.07 Å². The van der Waals surface area contributed by atoms with Gasteiger partial charge in [-0.15, -0.1) is 0 Å². The number of benzene rings is 1. The Labute approximate surface area is 112 Å². The molecular weight excluding hydrogens is 242 g/mol. The Hall–Kier alpha value is -1.32. The minimum Gasteiger partial charge on any atom is -0.496 e. The SMILES string of the molecule is COc1ccc(C)cc1CC(N)c1cscc1C. The molecule has 0 fully saturated rings. The van der Waals surface area contributed by atoms with Gasteiger partial charge in [0.25, 0.3) is 0 Å². The molecule has 96 valence electrons. The van der Waals surface area contributed by atoms with Gasteiger partial charge in [0, 0.05) is 6.04 Å². The molecule has 0 aliphatic rings. The van der Waals surface area contributed by atoms with Gasteiger partial charge in [0.2, 0.25) is 0 Å². The van der Waals surface area contributed by atoms with Gasteiger partial charge in [0.05, 0.1) is 7.11 Å². The largest absolute Gasteiger partial charge is 0.496 e. The standard InChI is InChI=1S/C15H19NOS/c1-10-4-5-15(17-3)12(6-10)7-14(16)13-9-18-8-11(13)2/h4-6,8-9,14H,7,16H2,1-3H3. The minimum atomic E-state index is 0.0342. The zero-order chi connectivity index (χ0) is 13.1. The first-order valence-corrected chi connectivity index (χ1v) is 6.98. The maximum Gasteiger partial charge on any atom is 0.122 e. The van der Waals surface area contributed by atoms with Crippen LogP contribution < -0.4 is 10.5 Å². The Balaban J connectivity index is 2.23. The van der Waals surface area contributed by atoms with E-state index in [1.165, 1.54) is 22.3 Å². The Morgan fingerprint density at radius 3 is 2.67 bits per heavy atom. The molecule has 1 unspecified atom stereocenters. The summed E-state index contributed by atoms with van der Waals surface area (Å²) in [5.74, 6) is 0.920. The highest BCUT2D eigenvalue weighted by Crippen LogP contribution is 2.27. The van der Waals surface area contributed by atoms with E-state index in [4.69, 9.17) is 10.5 Å². The van der Waals surface area contributed by atoms with E-state index in [9.17, 15) is 0 Å². The first-order valence-electron chi connectivity index (χ1n) is 6.03. The summed E-state index contributed by atoms with van der Waals surface area (Å²) in [6, 6.07) is 6.26. The molecule has 0 aliphatic carbocycles. The summed E-state index contributed by atoms with van der Waals surface area (Å²) in [5.41, 5.74) is 11.2. The predicted molar refractivity (Wildman–Crippen MR) is 77.4 cm³/mol. The van der Waals surface area contributed by atoms with E-state index in [0.717, 1.165) is 12.2 Å². The second-order valence-corrected chi connectivity index (χ2v) is 5.38. The third-order valence-corrected chi connectivity index (χ3v) is 4.05. The minimum absolute atomic E-state index is 0.0342. The van der Waals surface area contributed by atoms with Gasteiger partial charge in [-0.3, -0.25) is 0 Å². The highest BCUT2D eigenvalue weighted by Gasteiger charge is 2.13. The van der Waals surface area contributed by atoms with Gasteiger partial charge >= 0.3 is 0 Å². The maximum absolute atomic E-state index is 6.30. The van der Waals surface area contributed by atoms with E-state index >= 15 is 0 Å². The van der Waals surface area contributed by atoms with Crippen LogP contribution in [-0.4, -0.2) is 7.11 Å². The molecule has 2 rings (SSSR count). The molecule has 3 heteroatoms. The molecule has 1 atom stereocenters. The first kappa shape index (κ1) is 13.1. The summed E-state index contributed by atoms with van der Waals surface area (Å²) < 4.78 is 5.40. The quantitative estimate of drug-likeness (QED) is 0.912. The van der Waals surface area contributed by atoms with E-state index in [0.29, 0.717) is 0 Å². The summed E-state index contributed by atoms with van der Waals surface area (Å²) in [6.07, 6.45) is 0.808. The fraction of sp³-hybridized carbons (Fsp3) is 0.333. The van der Waals surface area contributed by atoms with E-state index in [2.05, 4.69) is 36.7 Å². The highest BCUT2D eigenvalue weighted by molar-refractivity contribution is 7.08. The van der Waals surface area contributed by atoms with Crippen molar-refractivity contribution in [3.05, 3.63) is 51.2 Å². The lowest BCUT2D eigenvalue weighted by molar-refractivity contribution is 0.408. The third kappa shape index (κ3) is 2.74. The van der Waals surface area contributed by atoms with Crippen LogP contribution in [-0.2, 0) is 6.42 Å². The summed E-state index contributed by atoms with van der Waals surface area (Å²) in [5, 5.41) is 4.28. The van der Waals surface area contributed by atoms with Crippen molar-refractivity contribution < 1.29 is 4.74 Å². The summed E-state index contributed by atoms with van der Waals surface area (Å²) in [6.45, 7) is 4.20. The van der Waals surface area contributed by atoms with Crippen molar-refractivity contribution >= 4 is 11.3 Å². The Bertz CT molecular complexity index is 533. The van der Waals surface area contributed by atoms with Gasteiger partial charge in [-0.25, -0.2) is 0 Å². The van der Waals surface area contributed by atoms with Crippen LogP contribution in [0.1, 0.15) is 28.3 Å². The first-order chi connectivity index (χ1) is 8.61. The van der Waals surface area contributed by atoms with E-state index in [-0.39, 0.29) is 6.04 Å². The molecular formula is C15H19NOS. The lowest BCUT2D eigenvalue weighted by Crippen LogP contribution is -2.14. The number of methoxy groups -OCH3 is 1. The van der Waals surface area contributed by atoms with Crippen LogP contribution in [0.3, 0.4) is 0 Å². The molecule has 0 spiro atoms. The molecule has 1 heterocycles. The maximum atomic E-state index is 6.30. The molecule has 0 amide bonds. The monoisotopic (exact) mass is 261 g/mol. The summed E-state index contributed by atoms with van der Waals surface area (Å²) in [4.78, 5) is 0. The van der Waals surface area contributed by atoms with Crippen molar-refractivity contribution in [3.63, 3.8) is 0 Å². The average Bonchev–Trinajstić information content (AvgIpc) is 2.76. The van der Waals surface area contributed by atoms with Crippen molar-refractivity contribution in [2.75, 3.05) is 7.11 Å². The number of aryl methyl sites for hydroxylation is 2. The van der Waals surface area contributed by atoms with Crippen LogP contribution in [0.4, 0.5) is 0 Å². The Morgan fingerprint density at radius 2 is 2.06 bits per heavy atom. The van der Waals surface area contributed by atoms with Crippen LogP contribution in [0.15, 0.2) is 29.0 Å². The Morgan fingerprint density at radius 1 is 1.28 bits per heavy atom. The third-order valence-electron chi connectivity index (χ3n) is 3.17. The van der Waals surface area contributed by atoms with Crippen molar-refractivity contribution in [3.8, 4) is 5.75 Å². The summed E-state index contributed by atoms with van der Waals surface area (Å²) >= 11 is 1.71. The number of hydrogen-bond acceptors (Lipinski definition) is 3. The second kappa shape index (κ2) is 5.55. The van der Waals surface area contributed by atoms with Crippen molar-refractivity contribution in [1.29, 1.82) is 0 Å². The fourth-order valence-corrected chi connectivity index (χ4v) is 3.08. The van der Waals surface area contributed by atoms with Gasteiger partial charge in [0.15, 0.2) is 0 Å². The van der Waals surface area contributed by atoms with Crippen LogP contribution in [0.25, 0.3) is 0 Å². The van der Waals surface area contributed by atoms with Gasteiger partial charge in [0.1, 0.15) is 5.75 Å². The molecule has 1 aromatic heterocycles. The number of hydrogen-bond donors (Lipinski definition) is 1. The van der Waals surface area contributed by atoms with Crippen LogP contribution in [0, 0.1) is 13.8 Å². The van der Waals surface area contributed by atoms with Gasteiger partial charge in [-0.2, -0.15) is 11.3 Å². The van der Waals surface area contributed by atoms with Gasteiger partial charge in [-0.1, -0.05) is 17.7 Å². The molecule has 0 radical (unpaired) electrons. The van der Waals surface area contributed by atoms with Crippen molar-refractivity contribution in [1.82, 2.24) is 0 Å². The predicted octanol–water partition coefficient (Wildman–Crippen LogP) is 3.62.